The van der Waals surface area contributed by atoms with Gasteiger partial charge in [0.25, 0.3) is 0 Å². The minimum absolute atomic E-state index is 0.0251. The van der Waals surface area contributed by atoms with Crippen molar-refractivity contribution in [3.05, 3.63) is 34.6 Å². The monoisotopic (exact) mass is 213 g/mol. The van der Waals surface area contributed by atoms with Gasteiger partial charge in [0.1, 0.15) is 5.82 Å². The van der Waals surface area contributed by atoms with Gasteiger partial charge in [-0.15, -0.1) is 0 Å². The number of carboxylic acids is 1. The van der Waals surface area contributed by atoms with Crippen LogP contribution in [0.4, 0.5) is 4.39 Å². The van der Waals surface area contributed by atoms with Crippen molar-refractivity contribution in [1.82, 2.24) is 5.48 Å². The fourth-order valence-corrected chi connectivity index (χ4v) is 1.21. The molecule has 0 unspecified atom stereocenters. The van der Waals surface area contributed by atoms with Crippen LogP contribution >= 0.6 is 0 Å². The van der Waals surface area contributed by atoms with Crippen LogP contribution in [0, 0.1) is 12.7 Å². The van der Waals surface area contributed by atoms with Gasteiger partial charge in [-0.25, -0.2) is 9.18 Å². The van der Waals surface area contributed by atoms with E-state index < -0.39 is 11.8 Å². The quantitative estimate of drug-likeness (QED) is 0.744. The molecule has 0 atom stereocenters. The lowest BCUT2D eigenvalue weighted by atomic mass is 10.0. The molecule has 0 bridgehead atoms. The number of halogens is 1. The molecular weight excluding hydrogens is 201 g/mol. The second kappa shape index (κ2) is 4.86. The first-order valence-corrected chi connectivity index (χ1v) is 4.34. The van der Waals surface area contributed by atoms with E-state index in [0.717, 1.165) is 0 Å². The van der Waals surface area contributed by atoms with Gasteiger partial charge < -0.3 is 9.94 Å². The second-order valence-corrected chi connectivity index (χ2v) is 3.08. The van der Waals surface area contributed by atoms with Crippen molar-refractivity contribution < 1.29 is 19.1 Å². The summed E-state index contributed by atoms with van der Waals surface area (Å²) in [5.74, 6) is -1.66. The number of hydrogen-bond donors (Lipinski definition) is 2. The minimum Gasteiger partial charge on any atom is -0.478 e. The van der Waals surface area contributed by atoms with Crippen LogP contribution in [0.2, 0.25) is 0 Å². The number of rotatable bonds is 4. The minimum atomic E-state index is -1.13. The van der Waals surface area contributed by atoms with E-state index >= 15 is 0 Å². The zero-order valence-corrected chi connectivity index (χ0v) is 8.50. The van der Waals surface area contributed by atoms with Crippen LogP contribution in [0.5, 0.6) is 0 Å². The molecule has 0 aromatic heterocycles. The molecule has 0 fully saturated rings. The van der Waals surface area contributed by atoms with E-state index in [1.807, 2.05) is 0 Å². The summed E-state index contributed by atoms with van der Waals surface area (Å²) in [6.45, 7) is 1.69. The molecule has 0 spiro atoms. The molecule has 0 amide bonds. The van der Waals surface area contributed by atoms with Crippen LogP contribution in [-0.4, -0.2) is 18.2 Å². The van der Waals surface area contributed by atoms with Crippen molar-refractivity contribution in [3.63, 3.8) is 0 Å². The molecule has 0 heterocycles. The van der Waals surface area contributed by atoms with E-state index in [1.54, 1.807) is 0 Å². The van der Waals surface area contributed by atoms with Crippen molar-refractivity contribution in [2.24, 2.45) is 0 Å². The van der Waals surface area contributed by atoms with Crippen LogP contribution in [0.1, 0.15) is 21.5 Å². The molecule has 0 aliphatic rings. The maximum atomic E-state index is 13.3. The molecule has 0 aliphatic carbocycles. The Balaban J connectivity index is 3.06. The lowest BCUT2D eigenvalue weighted by Crippen LogP contribution is -2.12. The molecule has 1 aromatic rings. The summed E-state index contributed by atoms with van der Waals surface area (Å²) in [6.07, 6.45) is 0. The zero-order valence-electron chi connectivity index (χ0n) is 8.50. The van der Waals surface area contributed by atoms with Gasteiger partial charge in [-0.05, 0) is 30.2 Å². The summed E-state index contributed by atoms with van der Waals surface area (Å²) >= 11 is 0. The summed E-state index contributed by atoms with van der Waals surface area (Å²) < 4.78 is 13.3. The van der Waals surface area contributed by atoms with Gasteiger partial charge in [-0.2, -0.15) is 5.48 Å². The summed E-state index contributed by atoms with van der Waals surface area (Å²) in [6, 6.07) is 2.71. The highest BCUT2D eigenvalue weighted by atomic mass is 19.1. The summed E-state index contributed by atoms with van der Waals surface area (Å²) in [5, 5.41) is 8.82. The first-order chi connectivity index (χ1) is 7.06. The molecule has 1 rings (SSSR count). The summed E-state index contributed by atoms with van der Waals surface area (Å²) in [4.78, 5) is 15.4. The highest BCUT2D eigenvalue weighted by Gasteiger charge is 2.12. The van der Waals surface area contributed by atoms with Crippen LogP contribution in [0.3, 0.4) is 0 Å². The predicted octanol–water partition coefficient (Wildman–Crippen LogP) is 1.48. The van der Waals surface area contributed by atoms with Gasteiger partial charge in [0.05, 0.1) is 12.7 Å². The van der Waals surface area contributed by atoms with Crippen LogP contribution in [0.15, 0.2) is 12.1 Å². The van der Waals surface area contributed by atoms with Gasteiger partial charge in [-0.1, -0.05) is 0 Å². The number of hydrogen-bond acceptors (Lipinski definition) is 3. The molecular formula is C10H12FNO3. The molecule has 5 heteroatoms. The Hall–Kier alpha value is -1.46. The van der Waals surface area contributed by atoms with Crippen LogP contribution in [-0.2, 0) is 11.4 Å². The van der Waals surface area contributed by atoms with Gasteiger partial charge in [0.2, 0.25) is 0 Å². The smallest absolute Gasteiger partial charge is 0.336 e. The Morgan fingerprint density at radius 1 is 1.60 bits per heavy atom. The first kappa shape index (κ1) is 11.6. The Labute approximate surface area is 86.6 Å². The summed E-state index contributed by atoms with van der Waals surface area (Å²) in [5.41, 5.74) is 3.16. The van der Waals surface area contributed by atoms with E-state index in [2.05, 4.69) is 10.3 Å². The Bertz CT molecular complexity index is 379. The van der Waals surface area contributed by atoms with Gasteiger partial charge in [-0.3, -0.25) is 0 Å². The van der Waals surface area contributed by atoms with Gasteiger partial charge in [0, 0.05) is 6.54 Å². The Kier molecular flexibility index (Phi) is 3.76. The first-order valence-electron chi connectivity index (χ1n) is 4.34. The number of carboxylic acid groups (broad SMARTS) is 1. The molecule has 4 nitrogen and oxygen atoms in total. The molecule has 0 saturated heterocycles. The fourth-order valence-electron chi connectivity index (χ4n) is 1.21. The maximum absolute atomic E-state index is 13.3. The van der Waals surface area contributed by atoms with Crippen molar-refractivity contribution in [2.75, 3.05) is 7.11 Å². The fraction of sp³-hybridized carbons (Fsp3) is 0.300. The Morgan fingerprint density at radius 2 is 2.27 bits per heavy atom. The van der Waals surface area contributed by atoms with Crippen molar-refractivity contribution in [2.45, 2.75) is 13.5 Å². The third-order valence-electron chi connectivity index (χ3n) is 2.06. The predicted molar refractivity (Wildman–Crippen MR) is 51.9 cm³/mol. The van der Waals surface area contributed by atoms with Crippen molar-refractivity contribution in [3.8, 4) is 0 Å². The topological polar surface area (TPSA) is 58.6 Å². The van der Waals surface area contributed by atoms with E-state index in [4.69, 9.17) is 5.11 Å². The van der Waals surface area contributed by atoms with Crippen LogP contribution < -0.4 is 5.48 Å². The molecule has 0 aliphatic heterocycles. The lowest BCUT2D eigenvalue weighted by Gasteiger charge is -2.07. The second-order valence-electron chi connectivity index (χ2n) is 3.08. The van der Waals surface area contributed by atoms with Crippen LogP contribution in [0.25, 0.3) is 0 Å². The Morgan fingerprint density at radius 3 is 2.80 bits per heavy atom. The van der Waals surface area contributed by atoms with Gasteiger partial charge in [0.15, 0.2) is 0 Å². The van der Waals surface area contributed by atoms with E-state index in [0.29, 0.717) is 5.56 Å². The molecule has 0 radical (unpaired) electrons. The highest BCUT2D eigenvalue weighted by molar-refractivity contribution is 5.89. The maximum Gasteiger partial charge on any atom is 0.336 e. The number of aromatic carboxylic acids is 1. The third kappa shape index (κ3) is 2.74. The standard InChI is InChI=1S/C10H12FNO3/c1-6-8(10(13)14)3-7(4-9(6)11)5-12-15-2/h3-4,12H,5H2,1-2H3,(H,13,14). The summed E-state index contributed by atoms with van der Waals surface area (Å²) in [7, 11) is 1.43. The van der Waals surface area contributed by atoms with Crippen molar-refractivity contribution in [1.29, 1.82) is 0 Å². The number of carbonyl (C=O) groups is 1. The zero-order chi connectivity index (χ0) is 11.4. The van der Waals surface area contributed by atoms with E-state index in [1.165, 1.54) is 26.2 Å². The molecule has 1 aromatic carbocycles. The lowest BCUT2D eigenvalue weighted by molar-refractivity contribution is 0.0694. The number of benzene rings is 1. The van der Waals surface area contributed by atoms with E-state index in [-0.39, 0.29) is 17.7 Å². The van der Waals surface area contributed by atoms with E-state index in [9.17, 15) is 9.18 Å². The SMILES string of the molecule is CONCc1cc(F)c(C)c(C(=O)O)c1. The number of nitrogens with one attached hydrogen (secondary N) is 1. The number of hydroxylamine groups is 1. The normalized spacial score (nSPS) is 10.3. The molecule has 2 N–H and O–H groups in total. The highest BCUT2D eigenvalue weighted by Crippen LogP contribution is 2.15. The molecule has 82 valence electrons. The largest absolute Gasteiger partial charge is 0.478 e. The average molecular weight is 213 g/mol. The van der Waals surface area contributed by atoms with Crippen molar-refractivity contribution >= 4 is 5.97 Å². The average Bonchev–Trinajstić information content (AvgIpc) is 2.19. The third-order valence-corrected chi connectivity index (χ3v) is 2.06. The molecule has 15 heavy (non-hydrogen) atoms. The molecule has 0 saturated carbocycles. The van der Waals surface area contributed by atoms with Gasteiger partial charge >= 0.3 is 5.97 Å².